The van der Waals surface area contributed by atoms with Gasteiger partial charge in [0.1, 0.15) is 0 Å². The maximum atomic E-state index is 8.53. The summed E-state index contributed by atoms with van der Waals surface area (Å²) in [4.78, 5) is 0. The second-order valence-electron chi connectivity index (χ2n) is 0.307. The quantitative estimate of drug-likeness (QED) is 0.263. The van der Waals surface area contributed by atoms with E-state index in [1.54, 1.807) is 0 Å². The topological polar surface area (TPSA) is 66.3 Å². The van der Waals surface area contributed by atoms with Crippen LogP contribution in [0.4, 0.5) is 0 Å². The van der Waals surface area contributed by atoms with Gasteiger partial charge in [-0.15, -0.1) is 0 Å². The maximum absolute atomic E-state index is 8.53. The third kappa shape index (κ3) is 67.7. The molecule has 0 saturated heterocycles. The Morgan fingerprint density at radius 1 is 1.33 bits per heavy atom. The van der Waals surface area contributed by atoms with Crippen LogP contribution in [0.2, 0.25) is 0 Å². The summed E-state index contributed by atoms with van der Waals surface area (Å²) in [6.45, 7) is 0. The summed E-state index contributed by atoms with van der Waals surface area (Å²) < 4.78 is 0. The van der Waals surface area contributed by atoms with Crippen molar-refractivity contribution in [3.8, 4) is 0 Å². The van der Waals surface area contributed by atoms with E-state index in [0.29, 0.717) is 0 Å². The molecule has 0 aliphatic heterocycles. The van der Waals surface area contributed by atoms with E-state index in [4.69, 9.17) is 15.1 Å². The van der Waals surface area contributed by atoms with Crippen LogP contribution in [-0.2, 0) is 0 Å². The van der Waals surface area contributed by atoms with Crippen molar-refractivity contribution in [1.29, 1.82) is 0 Å². The van der Waals surface area contributed by atoms with Crippen LogP contribution in [0.3, 0.4) is 0 Å². The smallest absolute Gasteiger partial charge is 0.871 e. The fraction of sp³-hybridized carbons (Fsp3) is 0. The third-order valence-electron chi connectivity index (χ3n) is 0. The average Bonchev–Trinajstić information content (AvgIpc) is 0.811. The molecule has 0 aliphatic carbocycles. The Hall–Kier alpha value is 1.14. The molecule has 0 aromatic carbocycles. The minimum atomic E-state index is -2.67. The van der Waals surface area contributed by atoms with Crippen LogP contribution in [-0.4, -0.2) is 35.4 Å². The molecule has 1 unspecified atom stereocenters. The van der Waals surface area contributed by atoms with Gasteiger partial charge in [0.2, 0.25) is 0 Å². The van der Waals surface area contributed by atoms with Gasteiger partial charge in [0.25, 0.3) is 0 Å². The molecule has 0 spiro atoms. The van der Waals surface area contributed by atoms with Gasteiger partial charge in [-0.25, -0.2) is 0 Å². The molecule has 0 radical (unpaired) electrons. The fourth-order valence-electron chi connectivity index (χ4n) is 0. The molecule has 0 amide bonds. The van der Waals surface area contributed by atoms with Crippen molar-refractivity contribution in [3.63, 3.8) is 0 Å². The summed E-state index contributed by atoms with van der Waals surface area (Å²) in [6.07, 6.45) is 0. The molecule has 1 atom stereocenters. The van der Waals surface area contributed by atoms with Gasteiger partial charge in [0.05, 0.1) is 7.32 Å². The number of rotatable bonds is 0. The molecule has 0 aromatic rings. The first-order valence-electron chi connectivity index (χ1n) is 0.730. The molecule has 6 heavy (non-hydrogen) atoms. The Balaban J connectivity index is -0.0000000450. The molecule has 1 N–H and O–H groups in total. The van der Waals surface area contributed by atoms with Crippen LogP contribution in [0.1, 0.15) is 0 Å². The maximum Gasteiger partial charge on any atom is 2.00 e. The summed E-state index contributed by atoms with van der Waals surface area (Å²) in [6, 6.07) is 0. The second-order valence-corrected chi connectivity index (χ2v) is 0.307. The van der Waals surface area contributed by atoms with Crippen molar-refractivity contribution in [2.75, 3.05) is 0 Å². The molecule has 0 aliphatic rings. The summed E-state index contributed by atoms with van der Waals surface area (Å²) >= 11 is 0. The van der Waals surface area contributed by atoms with Crippen LogP contribution in [0.15, 0.2) is 0 Å². The number of hydrogen-bond donors (Lipinski definition) is 1. The summed E-state index contributed by atoms with van der Waals surface area (Å²) in [5, 5.41) is 24.0. The van der Waals surface area contributed by atoms with Gasteiger partial charge in [-0.3, -0.25) is 0 Å². The Bertz CT molecular complexity index is 15.5. The van der Waals surface area contributed by atoms with Crippen molar-refractivity contribution < 1.29 is 15.1 Å². The number of hydrogen-bond acceptors (Lipinski definition) is 3. The van der Waals surface area contributed by atoms with E-state index < -0.39 is 7.32 Å². The predicted molar refractivity (Wildman–Crippen MR) is 24.8 cm³/mol. The Morgan fingerprint density at radius 2 is 1.33 bits per heavy atom. The van der Waals surface area contributed by atoms with Crippen molar-refractivity contribution >= 4 is 40.3 Å². The summed E-state index contributed by atoms with van der Waals surface area (Å²) in [7, 11) is -2.67. The van der Waals surface area contributed by atoms with E-state index in [0.717, 1.165) is 0 Å². The van der Waals surface area contributed by atoms with E-state index in [1.165, 1.54) is 0 Å². The van der Waals surface area contributed by atoms with Gasteiger partial charge in [0, 0.05) is 0 Å². The Morgan fingerprint density at radius 3 is 1.33 bits per heavy atom. The van der Waals surface area contributed by atoms with Gasteiger partial charge in [0.15, 0.2) is 0 Å². The van der Waals surface area contributed by atoms with Crippen LogP contribution >= 0.6 is 9.90 Å². The van der Waals surface area contributed by atoms with Crippen LogP contribution < -0.4 is 10.0 Å². The van der Waals surface area contributed by atoms with Crippen molar-refractivity contribution in [3.05, 3.63) is 0 Å². The molecule has 0 heterocycles. The van der Waals surface area contributed by atoms with Gasteiger partial charge in [-0.05, 0) is 0 Å². The largest absolute Gasteiger partial charge is 2.00 e. The average molecular weight is 118 g/mol. The molecule has 32 valence electrons. The first-order chi connectivity index (χ1) is 1.73. The Kier molecular flexibility index (Phi) is 24.8. The van der Waals surface area contributed by atoms with Crippen LogP contribution in [0.25, 0.3) is 0 Å². The molecule has 3 nitrogen and oxygen atoms in total. The molecule has 0 fully saturated rings. The van der Waals surface area contributed by atoms with Gasteiger partial charge >= 0.3 is 23.1 Å². The van der Waals surface area contributed by atoms with E-state index in [2.05, 4.69) is 0 Å². The van der Waals surface area contributed by atoms with Crippen LogP contribution in [0.5, 0.6) is 0 Å². The van der Waals surface area contributed by atoms with Gasteiger partial charge in [-0.1, -0.05) is 0 Å². The molecule has 0 saturated carbocycles. The van der Waals surface area contributed by atoms with E-state index in [9.17, 15) is 0 Å². The van der Waals surface area contributed by atoms with Gasteiger partial charge < -0.3 is 15.1 Å². The van der Waals surface area contributed by atoms with Crippen LogP contribution in [0, 0.1) is 0 Å². The van der Waals surface area contributed by atoms with E-state index >= 15 is 0 Å². The monoisotopic (exact) mass is 118 g/mol. The zero-order chi connectivity index (χ0) is 3.58. The predicted octanol–water partition coefficient (Wildman–Crippen LogP) is -3.64. The normalized spacial score (nSPS) is 4.50. The summed E-state index contributed by atoms with van der Waals surface area (Å²) in [5.74, 6) is 0. The Labute approximate surface area is 55.7 Å². The van der Waals surface area contributed by atoms with Crippen molar-refractivity contribution in [2.24, 2.45) is 0 Å². The van der Waals surface area contributed by atoms with E-state index in [-0.39, 0.29) is 33.0 Å². The zero-order valence-corrected chi connectivity index (χ0v) is 6.08. The molecule has 6 heteroatoms. The summed E-state index contributed by atoms with van der Waals surface area (Å²) in [5.41, 5.74) is 0. The standard InChI is InChI=1S/BHO3.Mg.H3P/c2-1(3)4;;/h2H;;1H3/q-2;+2;. The first-order valence-corrected chi connectivity index (χ1v) is 0.730. The van der Waals surface area contributed by atoms with E-state index in [1.807, 2.05) is 0 Å². The van der Waals surface area contributed by atoms with Crippen molar-refractivity contribution in [1.82, 2.24) is 0 Å². The molecular weight excluding hydrogens is 114 g/mol. The van der Waals surface area contributed by atoms with Crippen molar-refractivity contribution in [2.45, 2.75) is 0 Å². The minimum absolute atomic E-state index is 0. The first kappa shape index (κ1) is 15.7. The fourth-order valence-corrected chi connectivity index (χ4v) is 0. The molecular formula is H4BMgO3P. The third-order valence-corrected chi connectivity index (χ3v) is 0. The molecule has 0 aromatic heterocycles. The second kappa shape index (κ2) is 9.47. The zero-order valence-electron chi connectivity index (χ0n) is 3.26. The molecule has 0 rings (SSSR count). The SMILES string of the molecule is P.[Mg+2].[O-]B([O-])O. The molecule has 0 bridgehead atoms. The minimum Gasteiger partial charge on any atom is -0.871 e. The van der Waals surface area contributed by atoms with Gasteiger partial charge in [-0.2, -0.15) is 9.90 Å².